The maximum absolute atomic E-state index is 14.6. The third-order valence-electron chi connectivity index (χ3n) is 8.12. The van der Waals surface area contributed by atoms with Crippen molar-refractivity contribution in [1.82, 2.24) is 15.0 Å². The van der Waals surface area contributed by atoms with E-state index in [1.807, 2.05) is 0 Å². The lowest BCUT2D eigenvalue weighted by molar-refractivity contribution is -0.157. The fraction of sp³-hybridized carbons (Fsp3) is 0.300. The summed E-state index contributed by atoms with van der Waals surface area (Å²) in [5, 5.41) is 5.05. The topological polar surface area (TPSA) is 65.5 Å². The number of alkyl halides is 6. The van der Waals surface area contributed by atoms with Crippen molar-refractivity contribution in [2.45, 2.75) is 51.1 Å². The molecule has 45 heavy (non-hydrogen) atoms. The number of hydrogen-bond acceptors (Lipinski definition) is 4. The highest BCUT2D eigenvalue weighted by Crippen LogP contribution is 2.43. The van der Waals surface area contributed by atoms with Gasteiger partial charge in [-0.3, -0.25) is 19.6 Å². The van der Waals surface area contributed by atoms with Crippen molar-refractivity contribution in [3.63, 3.8) is 0 Å². The van der Waals surface area contributed by atoms with Gasteiger partial charge < -0.3 is 5.32 Å². The van der Waals surface area contributed by atoms with E-state index >= 15 is 0 Å². The van der Waals surface area contributed by atoms with Gasteiger partial charge in [0.2, 0.25) is 0 Å². The lowest BCUT2D eigenvalue weighted by atomic mass is 9.84. The second kappa shape index (κ2) is 11.2. The molecule has 2 aromatic carbocycles. The molecule has 0 saturated carbocycles. The van der Waals surface area contributed by atoms with Crippen LogP contribution < -0.4 is 5.32 Å². The van der Waals surface area contributed by atoms with Crippen LogP contribution in [0.25, 0.3) is 11.1 Å². The smallest absolute Gasteiger partial charge is 0.321 e. The first kappa shape index (κ1) is 32.0. The van der Waals surface area contributed by atoms with Crippen LogP contribution in [0.15, 0.2) is 59.8 Å². The number of benzene rings is 2. The Morgan fingerprint density at radius 1 is 0.956 bits per heavy atom. The SMILES string of the molecule is CC1=C(C(=O)Nc2ccc(C(F)(F)F)cc2-c2ccc(C(F)(F)F)nc2)C(=O)N(Cc2cc(F)c(F)cc2F)N2CCC[C@]12C. The molecule has 0 unspecified atom stereocenters. The van der Waals surface area contributed by atoms with Crippen LogP contribution in [0, 0.1) is 17.5 Å². The van der Waals surface area contributed by atoms with Gasteiger partial charge in [-0.15, -0.1) is 0 Å². The van der Waals surface area contributed by atoms with Crippen molar-refractivity contribution in [3.8, 4) is 11.1 Å². The maximum Gasteiger partial charge on any atom is 0.433 e. The highest BCUT2D eigenvalue weighted by atomic mass is 19.4. The van der Waals surface area contributed by atoms with Crippen LogP contribution in [0.1, 0.15) is 43.5 Å². The van der Waals surface area contributed by atoms with Crippen molar-refractivity contribution in [3.05, 3.63) is 94.1 Å². The minimum atomic E-state index is -4.84. The van der Waals surface area contributed by atoms with Gasteiger partial charge in [0.1, 0.15) is 17.1 Å². The number of halogens is 9. The Kier molecular flexibility index (Phi) is 7.96. The number of aromatic nitrogens is 1. The standard InChI is InChI=1S/C30H23F9N4O2/c1-15-25(27(45)42(43-9-3-8-28(15,43)2)14-17-10-21(32)22(33)12-20(17)31)26(44)41-23-6-5-18(29(34,35)36)11-19(23)16-4-7-24(40-13-16)30(37,38)39/h4-7,10-13H,3,8-9,14H2,1-2H3,(H,41,44)/t28-/m1/s1. The maximum atomic E-state index is 14.6. The number of rotatable bonds is 5. The molecule has 5 rings (SSSR count). The van der Waals surface area contributed by atoms with E-state index in [-0.39, 0.29) is 22.4 Å². The molecular weight excluding hydrogens is 619 g/mol. The van der Waals surface area contributed by atoms with Crippen molar-refractivity contribution >= 4 is 17.5 Å². The zero-order valence-corrected chi connectivity index (χ0v) is 23.5. The number of anilines is 1. The average Bonchev–Trinajstić information content (AvgIpc) is 3.36. The summed E-state index contributed by atoms with van der Waals surface area (Å²) in [6.45, 7) is 2.99. The van der Waals surface area contributed by atoms with E-state index in [4.69, 9.17) is 0 Å². The summed E-state index contributed by atoms with van der Waals surface area (Å²) in [5.74, 6) is -5.89. The summed E-state index contributed by atoms with van der Waals surface area (Å²) in [4.78, 5) is 30.8. The number of hydrazine groups is 1. The van der Waals surface area contributed by atoms with Gasteiger partial charge in [0, 0.05) is 41.2 Å². The number of hydrogen-bond donors (Lipinski definition) is 1. The van der Waals surface area contributed by atoms with Crippen LogP contribution in [0.2, 0.25) is 0 Å². The Morgan fingerprint density at radius 2 is 1.64 bits per heavy atom. The van der Waals surface area contributed by atoms with E-state index in [0.29, 0.717) is 61.5 Å². The highest BCUT2D eigenvalue weighted by molar-refractivity contribution is 6.24. The van der Waals surface area contributed by atoms with E-state index in [1.165, 1.54) is 6.92 Å². The van der Waals surface area contributed by atoms with Crippen LogP contribution >= 0.6 is 0 Å². The van der Waals surface area contributed by atoms with Crippen molar-refractivity contribution < 1.29 is 49.1 Å². The first-order valence-corrected chi connectivity index (χ1v) is 13.4. The Bertz CT molecular complexity index is 1720. The van der Waals surface area contributed by atoms with Crippen LogP contribution in [0.3, 0.4) is 0 Å². The normalized spacial score (nSPS) is 19.3. The quantitative estimate of drug-likeness (QED) is 0.181. The van der Waals surface area contributed by atoms with Crippen molar-refractivity contribution in [2.24, 2.45) is 0 Å². The zero-order valence-electron chi connectivity index (χ0n) is 23.5. The summed E-state index contributed by atoms with van der Waals surface area (Å²) in [5.41, 5.74) is -4.65. The Labute approximate surface area is 250 Å². The predicted molar refractivity (Wildman–Crippen MR) is 142 cm³/mol. The fourth-order valence-corrected chi connectivity index (χ4v) is 5.63. The lowest BCUT2D eigenvalue weighted by Crippen LogP contribution is -2.60. The van der Waals surface area contributed by atoms with E-state index in [9.17, 15) is 49.1 Å². The van der Waals surface area contributed by atoms with Gasteiger partial charge in [0.25, 0.3) is 11.8 Å². The van der Waals surface area contributed by atoms with E-state index < -0.39 is 70.5 Å². The third-order valence-corrected chi connectivity index (χ3v) is 8.12. The van der Waals surface area contributed by atoms with E-state index in [0.717, 1.165) is 17.1 Å². The van der Waals surface area contributed by atoms with Crippen LogP contribution in [-0.2, 0) is 28.5 Å². The zero-order chi connectivity index (χ0) is 33.1. The number of pyridine rings is 1. The number of amides is 2. The molecule has 6 nitrogen and oxygen atoms in total. The first-order valence-electron chi connectivity index (χ1n) is 13.4. The summed E-state index contributed by atoms with van der Waals surface area (Å²) >= 11 is 0. The molecule has 1 atom stereocenters. The molecule has 0 bridgehead atoms. The summed E-state index contributed by atoms with van der Waals surface area (Å²) < 4.78 is 122. The van der Waals surface area contributed by atoms with Gasteiger partial charge in [-0.25, -0.2) is 18.2 Å². The lowest BCUT2D eigenvalue weighted by Gasteiger charge is -2.48. The van der Waals surface area contributed by atoms with Crippen LogP contribution in [0.5, 0.6) is 0 Å². The number of carbonyl (C=O) groups is 2. The van der Waals surface area contributed by atoms with Gasteiger partial charge in [-0.2, -0.15) is 26.3 Å². The Balaban J connectivity index is 1.54. The molecule has 15 heteroatoms. The molecule has 1 fully saturated rings. The molecular formula is C30H23F9N4O2. The molecule has 0 spiro atoms. The molecule has 3 heterocycles. The number of nitrogens with zero attached hydrogens (tertiary/aromatic N) is 3. The predicted octanol–water partition coefficient (Wildman–Crippen LogP) is 7.27. The largest absolute Gasteiger partial charge is 0.433 e. The second-order valence-electron chi connectivity index (χ2n) is 10.9. The summed E-state index contributed by atoms with van der Waals surface area (Å²) in [7, 11) is 0. The Hall–Kier alpha value is -4.40. The van der Waals surface area contributed by atoms with E-state index in [1.54, 1.807) is 11.9 Å². The number of nitrogens with one attached hydrogen (secondary N) is 1. The monoisotopic (exact) mass is 642 g/mol. The molecule has 1 saturated heterocycles. The van der Waals surface area contributed by atoms with Crippen LogP contribution in [-0.4, -0.2) is 38.9 Å². The minimum Gasteiger partial charge on any atom is -0.321 e. The molecule has 2 aliphatic heterocycles. The van der Waals surface area contributed by atoms with Gasteiger partial charge in [-0.1, -0.05) is 6.07 Å². The van der Waals surface area contributed by atoms with Crippen LogP contribution in [0.4, 0.5) is 45.2 Å². The molecule has 2 amide bonds. The van der Waals surface area contributed by atoms with Crippen molar-refractivity contribution in [2.75, 3.05) is 11.9 Å². The third kappa shape index (κ3) is 5.88. The van der Waals surface area contributed by atoms with Crippen molar-refractivity contribution in [1.29, 1.82) is 0 Å². The van der Waals surface area contributed by atoms with Gasteiger partial charge in [0.15, 0.2) is 11.6 Å². The van der Waals surface area contributed by atoms with Gasteiger partial charge >= 0.3 is 12.4 Å². The minimum absolute atomic E-state index is 0.186. The summed E-state index contributed by atoms with van der Waals surface area (Å²) in [6.07, 6.45) is -7.95. The molecule has 0 radical (unpaired) electrons. The van der Waals surface area contributed by atoms with Gasteiger partial charge in [-0.05, 0) is 62.6 Å². The Morgan fingerprint density at radius 3 is 2.27 bits per heavy atom. The molecule has 3 aromatic rings. The molecule has 238 valence electrons. The average molecular weight is 643 g/mol. The summed E-state index contributed by atoms with van der Waals surface area (Å²) in [6, 6.07) is 4.58. The second-order valence-corrected chi connectivity index (χ2v) is 10.9. The molecule has 2 aliphatic rings. The number of carbonyl (C=O) groups excluding carboxylic acids is 2. The number of fused-ring (bicyclic) bond motifs is 1. The molecule has 0 aliphatic carbocycles. The molecule has 1 N–H and O–H groups in total. The highest BCUT2D eigenvalue weighted by Gasteiger charge is 2.50. The fourth-order valence-electron chi connectivity index (χ4n) is 5.63. The first-order chi connectivity index (χ1) is 20.9. The molecule has 1 aromatic heterocycles. The van der Waals surface area contributed by atoms with Gasteiger partial charge in [0.05, 0.1) is 17.6 Å². The van der Waals surface area contributed by atoms with E-state index in [2.05, 4.69) is 10.3 Å².